The molecule has 1 saturated heterocycles. The van der Waals surface area contributed by atoms with E-state index in [0.717, 1.165) is 13.1 Å². The van der Waals surface area contributed by atoms with Gasteiger partial charge in [0.15, 0.2) is 0 Å². The molecule has 0 aromatic carbocycles. The van der Waals surface area contributed by atoms with Gasteiger partial charge in [0.1, 0.15) is 0 Å². The van der Waals surface area contributed by atoms with Crippen LogP contribution in [0.15, 0.2) is 11.6 Å². The molecule has 0 bridgehead atoms. The first kappa shape index (κ1) is 6.38. The number of nitrogens with one attached hydrogen (secondary N) is 1. The molecule has 10 heavy (non-hydrogen) atoms. The number of hydrogen-bond donors (Lipinski definition) is 2. The first-order valence-electron chi connectivity index (χ1n) is 4.03. The number of nitrogens with two attached hydrogens (primary N) is 1. The largest absolute Gasteiger partial charge is 0.327 e. The standard InChI is InChI=1S/C8H14N2/c9-8-3-1-2-6-4-10-5-7(6)8/h2,7-8,10H,1,3-5,9H2/t7?,8-/m1/s1. The summed E-state index contributed by atoms with van der Waals surface area (Å²) in [7, 11) is 0. The maximum atomic E-state index is 5.94. The molecule has 1 fully saturated rings. The molecule has 1 heterocycles. The highest BCUT2D eigenvalue weighted by molar-refractivity contribution is 5.19. The second kappa shape index (κ2) is 2.36. The maximum Gasteiger partial charge on any atom is 0.0168 e. The Balaban J connectivity index is 2.18. The van der Waals surface area contributed by atoms with Crippen LogP contribution in [-0.2, 0) is 0 Å². The Bertz CT molecular complexity index is 163. The molecule has 0 aromatic rings. The van der Waals surface area contributed by atoms with Crippen molar-refractivity contribution in [1.82, 2.24) is 5.32 Å². The highest BCUT2D eigenvalue weighted by Crippen LogP contribution is 2.26. The second-order valence-electron chi connectivity index (χ2n) is 3.26. The monoisotopic (exact) mass is 138 g/mol. The van der Waals surface area contributed by atoms with Gasteiger partial charge in [-0.3, -0.25) is 0 Å². The average Bonchev–Trinajstić information content (AvgIpc) is 2.36. The number of hydrogen-bond acceptors (Lipinski definition) is 2. The van der Waals surface area contributed by atoms with Gasteiger partial charge in [-0.25, -0.2) is 0 Å². The fourth-order valence-electron chi connectivity index (χ4n) is 1.95. The van der Waals surface area contributed by atoms with E-state index in [-0.39, 0.29) is 0 Å². The van der Waals surface area contributed by atoms with E-state index in [9.17, 15) is 0 Å². The van der Waals surface area contributed by atoms with Crippen LogP contribution in [0.25, 0.3) is 0 Å². The van der Waals surface area contributed by atoms with Crippen molar-refractivity contribution < 1.29 is 0 Å². The summed E-state index contributed by atoms with van der Waals surface area (Å²) in [6.07, 6.45) is 4.72. The van der Waals surface area contributed by atoms with E-state index in [1.54, 1.807) is 5.57 Å². The topological polar surface area (TPSA) is 38.0 Å². The summed E-state index contributed by atoms with van der Waals surface area (Å²) in [5.74, 6) is 0.661. The van der Waals surface area contributed by atoms with Gasteiger partial charge in [0.25, 0.3) is 0 Å². The van der Waals surface area contributed by atoms with E-state index in [1.807, 2.05) is 0 Å². The first-order chi connectivity index (χ1) is 4.88. The summed E-state index contributed by atoms with van der Waals surface area (Å²) in [4.78, 5) is 0. The Kier molecular flexibility index (Phi) is 1.51. The minimum atomic E-state index is 0.426. The zero-order valence-electron chi connectivity index (χ0n) is 6.14. The van der Waals surface area contributed by atoms with E-state index in [1.165, 1.54) is 12.8 Å². The molecule has 0 amide bonds. The molecule has 1 aliphatic carbocycles. The third-order valence-electron chi connectivity index (χ3n) is 2.59. The van der Waals surface area contributed by atoms with Crippen LogP contribution >= 0.6 is 0 Å². The van der Waals surface area contributed by atoms with E-state index in [0.29, 0.717) is 12.0 Å². The van der Waals surface area contributed by atoms with Crippen molar-refractivity contribution in [3.05, 3.63) is 11.6 Å². The van der Waals surface area contributed by atoms with Crippen molar-refractivity contribution in [2.24, 2.45) is 11.7 Å². The molecule has 0 saturated carbocycles. The van der Waals surface area contributed by atoms with Gasteiger partial charge in [-0.05, 0) is 12.8 Å². The van der Waals surface area contributed by atoms with Crippen molar-refractivity contribution in [3.63, 3.8) is 0 Å². The Labute approximate surface area is 61.5 Å². The van der Waals surface area contributed by atoms with Gasteiger partial charge in [-0.1, -0.05) is 11.6 Å². The molecule has 2 nitrogen and oxygen atoms in total. The Morgan fingerprint density at radius 2 is 2.50 bits per heavy atom. The lowest BCUT2D eigenvalue weighted by atomic mass is 9.86. The maximum absolute atomic E-state index is 5.94. The van der Waals surface area contributed by atoms with E-state index < -0.39 is 0 Å². The molecule has 2 heteroatoms. The molecule has 3 N–H and O–H groups in total. The van der Waals surface area contributed by atoms with Crippen LogP contribution < -0.4 is 11.1 Å². The van der Waals surface area contributed by atoms with Crippen molar-refractivity contribution in [1.29, 1.82) is 0 Å². The van der Waals surface area contributed by atoms with Crippen molar-refractivity contribution in [2.75, 3.05) is 13.1 Å². The van der Waals surface area contributed by atoms with Crippen LogP contribution in [0, 0.1) is 5.92 Å². The SMILES string of the molecule is N[C@@H]1CCC=C2CNCC21. The fourth-order valence-corrected chi connectivity index (χ4v) is 1.95. The van der Waals surface area contributed by atoms with Gasteiger partial charge in [-0.15, -0.1) is 0 Å². The minimum Gasteiger partial charge on any atom is -0.327 e. The quantitative estimate of drug-likeness (QED) is 0.471. The predicted octanol–water partition coefficient (Wildman–Crippen LogP) is 0.253. The van der Waals surface area contributed by atoms with Crippen molar-refractivity contribution in [2.45, 2.75) is 18.9 Å². The molecular weight excluding hydrogens is 124 g/mol. The van der Waals surface area contributed by atoms with Gasteiger partial charge < -0.3 is 11.1 Å². The molecule has 0 spiro atoms. The van der Waals surface area contributed by atoms with Crippen LogP contribution in [0.3, 0.4) is 0 Å². The van der Waals surface area contributed by atoms with Gasteiger partial charge in [0.05, 0.1) is 0 Å². The highest BCUT2D eigenvalue weighted by Gasteiger charge is 2.28. The van der Waals surface area contributed by atoms with E-state index >= 15 is 0 Å². The van der Waals surface area contributed by atoms with Gasteiger partial charge in [-0.2, -0.15) is 0 Å². The summed E-state index contributed by atoms with van der Waals surface area (Å²) in [5, 5.41) is 3.35. The Morgan fingerprint density at radius 1 is 1.60 bits per heavy atom. The zero-order chi connectivity index (χ0) is 6.97. The normalized spacial score (nSPS) is 39.1. The number of allylic oxidation sites excluding steroid dienone is 1. The van der Waals surface area contributed by atoms with Gasteiger partial charge in [0.2, 0.25) is 0 Å². The smallest absolute Gasteiger partial charge is 0.0168 e. The van der Waals surface area contributed by atoms with Crippen LogP contribution in [0.2, 0.25) is 0 Å². The summed E-state index contributed by atoms with van der Waals surface area (Å²) < 4.78 is 0. The third-order valence-corrected chi connectivity index (χ3v) is 2.59. The minimum absolute atomic E-state index is 0.426. The Morgan fingerprint density at radius 3 is 3.30 bits per heavy atom. The number of rotatable bonds is 0. The van der Waals surface area contributed by atoms with Crippen LogP contribution in [0.5, 0.6) is 0 Å². The summed E-state index contributed by atoms with van der Waals surface area (Å²) in [5.41, 5.74) is 7.49. The molecule has 1 aliphatic heterocycles. The molecule has 2 aliphatic rings. The van der Waals surface area contributed by atoms with Gasteiger partial charge in [0, 0.05) is 25.0 Å². The lowest BCUT2D eigenvalue weighted by Gasteiger charge is -2.23. The highest BCUT2D eigenvalue weighted by atomic mass is 14.9. The second-order valence-corrected chi connectivity index (χ2v) is 3.26. The number of fused-ring (bicyclic) bond motifs is 1. The first-order valence-corrected chi connectivity index (χ1v) is 4.03. The summed E-state index contributed by atoms with van der Waals surface area (Å²) in [6.45, 7) is 2.19. The summed E-state index contributed by atoms with van der Waals surface area (Å²) >= 11 is 0. The third kappa shape index (κ3) is 0.879. The molecule has 0 aromatic heterocycles. The lowest BCUT2D eigenvalue weighted by Crippen LogP contribution is -2.33. The van der Waals surface area contributed by atoms with Gasteiger partial charge >= 0.3 is 0 Å². The molecule has 56 valence electrons. The molecule has 2 atom stereocenters. The Hall–Kier alpha value is -0.340. The lowest BCUT2D eigenvalue weighted by molar-refractivity contribution is 0.461. The van der Waals surface area contributed by atoms with Crippen LogP contribution in [0.4, 0.5) is 0 Å². The molecule has 1 unspecified atom stereocenters. The average molecular weight is 138 g/mol. The predicted molar refractivity (Wildman–Crippen MR) is 41.7 cm³/mol. The van der Waals surface area contributed by atoms with E-state index in [4.69, 9.17) is 5.73 Å². The summed E-state index contributed by atoms with van der Waals surface area (Å²) in [6, 6.07) is 0.426. The molecule has 0 radical (unpaired) electrons. The van der Waals surface area contributed by atoms with Crippen LogP contribution in [-0.4, -0.2) is 19.1 Å². The fraction of sp³-hybridized carbons (Fsp3) is 0.750. The van der Waals surface area contributed by atoms with E-state index in [2.05, 4.69) is 11.4 Å². The van der Waals surface area contributed by atoms with Crippen molar-refractivity contribution >= 4 is 0 Å². The van der Waals surface area contributed by atoms with Crippen molar-refractivity contribution in [3.8, 4) is 0 Å². The van der Waals surface area contributed by atoms with Crippen LogP contribution in [0.1, 0.15) is 12.8 Å². The molecular formula is C8H14N2. The zero-order valence-corrected chi connectivity index (χ0v) is 6.14. The molecule has 2 rings (SSSR count).